The lowest BCUT2D eigenvalue weighted by molar-refractivity contribution is 0.435. The van der Waals surface area contributed by atoms with E-state index in [1.54, 1.807) is 24.5 Å². The van der Waals surface area contributed by atoms with E-state index >= 15 is 0 Å². The van der Waals surface area contributed by atoms with Crippen LogP contribution in [0, 0.1) is 25.2 Å². The van der Waals surface area contributed by atoms with E-state index in [4.69, 9.17) is 10.00 Å². The molecule has 2 aromatic rings. The number of halogens is 1. The zero-order valence-corrected chi connectivity index (χ0v) is 11.5. The SMILES string of the molecule is Cc1cc(C#N)cc(C)c1Oc1ncc(Br)cn1. The van der Waals surface area contributed by atoms with Gasteiger partial charge in [0.05, 0.1) is 16.1 Å². The molecule has 0 atom stereocenters. The number of benzene rings is 1. The van der Waals surface area contributed by atoms with Crippen molar-refractivity contribution < 1.29 is 4.74 Å². The molecule has 0 saturated carbocycles. The van der Waals surface area contributed by atoms with Crippen molar-refractivity contribution in [3.8, 4) is 17.8 Å². The molecule has 0 aliphatic rings. The van der Waals surface area contributed by atoms with E-state index in [1.807, 2.05) is 13.8 Å². The third kappa shape index (κ3) is 2.66. The molecule has 1 aromatic heterocycles. The summed E-state index contributed by atoms with van der Waals surface area (Å²) in [4.78, 5) is 8.11. The van der Waals surface area contributed by atoms with Gasteiger partial charge in [-0.15, -0.1) is 0 Å². The van der Waals surface area contributed by atoms with Crippen molar-refractivity contribution in [3.63, 3.8) is 0 Å². The minimum absolute atomic E-state index is 0.286. The number of aryl methyl sites for hydroxylation is 2. The lowest BCUT2D eigenvalue weighted by Crippen LogP contribution is -1.96. The second kappa shape index (κ2) is 5.15. The zero-order valence-electron chi connectivity index (χ0n) is 9.94. The standard InChI is InChI=1S/C13H10BrN3O/c1-8-3-10(5-15)4-9(2)12(8)18-13-16-6-11(14)7-17-13/h3-4,6-7H,1-2H3. The van der Waals surface area contributed by atoms with E-state index in [0.29, 0.717) is 11.3 Å². The van der Waals surface area contributed by atoms with Crippen molar-refractivity contribution >= 4 is 15.9 Å². The van der Waals surface area contributed by atoms with Gasteiger partial charge in [0.1, 0.15) is 5.75 Å². The van der Waals surface area contributed by atoms with E-state index in [0.717, 1.165) is 15.6 Å². The maximum absolute atomic E-state index is 8.88. The summed E-state index contributed by atoms with van der Waals surface area (Å²) in [5.74, 6) is 0.691. The summed E-state index contributed by atoms with van der Waals surface area (Å²) in [7, 11) is 0. The molecule has 1 aromatic carbocycles. The first-order valence-electron chi connectivity index (χ1n) is 5.27. The Morgan fingerprint density at radius 2 is 1.72 bits per heavy atom. The number of aromatic nitrogens is 2. The third-order valence-corrected chi connectivity index (χ3v) is 2.79. The van der Waals surface area contributed by atoms with E-state index in [2.05, 4.69) is 32.0 Å². The molecule has 4 nitrogen and oxygen atoms in total. The van der Waals surface area contributed by atoms with Gasteiger partial charge in [-0.2, -0.15) is 5.26 Å². The molecule has 0 fully saturated rings. The maximum atomic E-state index is 8.88. The quantitative estimate of drug-likeness (QED) is 0.851. The van der Waals surface area contributed by atoms with Gasteiger partial charge in [-0.25, -0.2) is 9.97 Å². The number of hydrogen-bond acceptors (Lipinski definition) is 4. The van der Waals surface area contributed by atoms with Crippen LogP contribution in [0.5, 0.6) is 11.8 Å². The second-order valence-corrected chi connectivity index (χ2v) is 4.75. The summed E-state index contributed by atoms with van der Waals surface area (Å²) in [6, 6.07) is 5.96. The topological polar surface area (TPSA) is 58.8 Å². The molecule has 2 rings (SSSR count). The fraction of sp³-hybridized carbons (Fsp3) is 0.154. The number of ether oxygens (including phenoxy) is 1. The molecule has 90 valence electrons. The van der Waals surface area contributed by atoms with Crippen LogP contribution in [-0.4, -0.2) is 9.97 Å². The molecule has 0 spiro atoms. The maximum Gasteiger partial charge on any atom is 0.321 e. The van der Waals surface area contributed by atoms with E-state index in [-0.39, 0.29) is 6.01 Å². The van der Waals surface area contributed by atoms with E-state index < -0.39 is 0 Å². The van der Waals surface area contributed by atoms with E-state index in [1.165, 1.54) is 0 Å². The fourth-order valence-corrected chi connectivity index (χ4v) is 1.82. The molecule has 5 heteroatoms. The summed E-state index contributed by atoms with van der Waals surface area (Å²) >= 11 is 3.26. The van der Waals surface area contributed by atoms with Crippen LogP contribution in [0.4, 0.5) is 0 Å². The van der Waals surface area contributed by atoms with Crippen molar-refractivity contribution in [2.75, 3.05) is 0 Å². The van der Waals surface area contributed by atoms with Crippen molar-refractivity contribution in [2.24, 2.45) is 0 Å². The lowest BCUT2D eigenvalue weighted by atomic mass is 10.1. The van der Waals surface area contributed by atoms with Crippen LogP contribution in [0.15, 0.2) is 29.0 Å². The van der Waals surface area contributed by atoms with Crippen molar-refractivity contribution in [1.82, 2.24) is 9.97 Å². The van der Waals surface area contributed by atoms with Crippen molar-refractivity contribution in [1.29, 1.82) is 5.26 Å². The van der Waals surface area contributed by atoms with Crippen LogP contribution in [0.3, 0.4) is 0 Å². The van der Waals surface area contributed by atoms with Gasteiger partial charge in [0.15, 0.2) is 0 Å². The van der Waals surface area contributed by atoms with Gasteiger partial charge in [0.2, 0.25) is 0 Å². The Balaban J connectivity index is 2.35. The summed E-state index contributed by atoms with van der Waals surface area (Å²) in [5.41, 5.74) is 2.39. The molecule has 1 heterocycles. The third-order valence-electron chi connectivity index (χ3n) is 2.38. The highest BCUT2D eigenvalue weighted by Crippen LogP contribution is 2.28. The Morgan fingerprint density at radius 1 is 1.17 bits per heavy atom. The Morgan fingerprint density at radius 3 is 2.22 bits per heavy atom. The molecule has 0 N–H and O–H groups in total. The smallest absolute Gasteiger partial charge is 0.321 e. The van der Waals surface area contributed by atoms with Crippen LogP contribution in [-0.2, 0) is 0 Å². The Bertz CT molecular complexity index is 594. The molecule has 0 bridgehead atoms. The monoisotopic (exact) mass is 303 g/mol. The highest BCUT2D eigenvalue weighted by atomic mass is 79.9. The summed E-state index contributed by atoms with van der Waals surface area (Å²) in [5, 5.41) is 8.88. The van der Waals surface area contributed by atoms with E-state index in [9.17, 15) is 0 Å². The molecular formula is C13H10BrN3O. The average molecular weight is 304 g/mol. The molecule has 0 unspecified atom stereocenters. The van der Waals surface area contributed by atoms with Gasteiger partial charge in [-0.05, 0) is 53.0 Å². The van der Waals surface area contributed by atoms with Crippen LogP contribution in [0.2, 0.25) is 0 Å². The van der Waals surface area contributed by atoms with Crippen molar-refractivity contribution in [3.05, 3.63) is 45.7 Å². The summed E-state index contributed by atoms with van der Waals surface area (Å²) < 4.78 is 6.44. The second-order valence-electron chi connectivity index (χ2n) is 3.84. The molecule has 0 aliphatic carbocycles. The molecule has 0 saturated heterocycles. The largest absolute Gasteiger partial charge is 0.424 e. The fourth-order valence-electron chi connectivity index (χ4n) is 1.62. The molecule has 0 amide bonds. The Kier molecular flexibility index (Phi) is 3.58. The van der Waals surface area contributed by atoms with Crippen LogP contribution < -0.4 is 4.74 Å². The number of nitrogens with zero attached hydrogens (tertiary/aromatic N) is 3. The van der Waals surface area contributed by atoms with Gasteiger partial charge in [0, 0.05) is 12.4 Å². The molecular weight excluding hydrogens is 294 g/mol. The summed E-state index contributed by atoms with van der Waals surface area (Å²) in [6.07, 6.45) is 3.24. The minimum Gasteiger partial charge on any atom is -0.424 e. The first kappa shape index (κ1) is 12.5. The van der Waals surface area contributed by atoms with Gasteiger partial charge >= 0.3 is 6.01 Å². The average Bonchev–Trinajstić information content (AvgIpc) is 2.35. The zero-order chi connectivity index (χ0) is 13.1. The van der Waals surface area contributed by atoms with Crippen LogP contribution in [0.1, 0.15) is 16.7 Å². The van der Waals surface area contributed by atoms with Gasteiger partial charge in [-0.1, -0.05) is 0 Å². The van der Waals surface area contributed by atoms with Gasteiger partial charge < -0.3 is 4.74 Å². The molecule has 0 aliphatic heterocycles. The Labute approximate surface area is 113 Å². The number of rotatable bonds is 2. The van der Waals surface area contributed by atoms with Gasteiger partial charge in [-0.3, -0.25) is 0 Å². The van der Waals surface area contributed by atoms with Crippen LogP contribution in [0.25, 0.3) is 0 Å². The highest BCUT2D eigenvalue weighted by Gasteiger charge is 2.09. The van der Waals surface area contributed by atoms with Gasteiger partial charge in [0.25, 0.3) is 0 Å². The first-order chi connectivity index (χ1) is 8.60. The minimum atomic E-state index is 0.286. The van der Waals surface area contributed by atoms with Crippen LogP contribution >= 0.6 is 15.9 Å². The molecule has 18 heavy (non-hydrogen) atoms. The first-order valence-corrected chi connectivity index (χ1v) is 6.06. The lowest BCUT2D eigenvalue weighted by Gasteiger charge is -2.10. The molecule has 0 radical (unpaired) electrons. The highest BCUT2D eigenvalue weighted by molar-refractivity contribution is 9.10. The number of hydrogen-bond donors (Lipinski definition) is 0. The normalized spacial score (nSPS) is 9.89. The van der Waals surface area contributed by atoms with Crippen molar-refractivity contribution in [2.45, 2.75) is 13.8 Å². The summed E-state index contributed by atoms with van der Waals surface area (Å²) in [6.45, 7) is 3.78. The predicted octanol–water partition coefficient (Wildman–Crippen LogP) is 3.52. The number of nitriles is 1. The Hall–Kier alpha value is -1.93. The predicted molar refractivity (Wildman–Crippen MR) is 70.4 cm³/mol.